The van der Waals surface area contributed by atoms with Crippen molar-refractivity contribution in [2.24, 2.45) is 4.99 Å². The number of halogens is 3. The first-order valence-electron chi connectivity index (χ1n) is 9.83. The summed E-state index contributed by atoms with van der Waals surface area (Å²) in [5.74, 6) is 0. The summed E-state index contributed by atoms with van der Waals surface area (Å²) >= 11 is 0. The Hall–Kier alpha value is -4.14. The number of nitrogens with zero attached hydrogens (tertiary/aromatic N) is 4. The molecular formula is C23H17F3N6. The Morgan fingerprint density at radius 2 is 1.81 bits per heavy atom. The van der Waals surface area contributed by atoms with Crippen molar-refractivity contribution in [3.63, 3.8) is 0 Å². The minimum absolute atomic E-state index is 0.306. The lowest BCUT2D eigenvalue weighted by molar-refractivity contribution is -0.137. The van der Waals surface area contributed by atoms with Gasteiger partial charge >= 0.3 is 6.18 Å². The van der Waals surface area contributed by atoms with Gasteiger partial charge in [-0.3, -0.25) is 0 Å². The Kier molecular flexibility index (Phi) is 4.85. The number of aromatic nitrogens is 3. The molecule has 0 bridgehead atoms. The van der Waals surface area contributed by atoms with Gasteiger partial charge < -0.3 is 10.6 Å². The summed E-state index contributed by atoms with van der Waals surface area (Å²) in [6.07, 6.45) is 0.00204. The van der Waals surface area contributed by atoms with Crippen LogP contribution in [-0.4, -0.2) is 27.3 Å². The highest BCUT2D eigenvalue weighted by molar-refractivity contribution is 5.94. The van der Waals surface area contributed by atoms with Crippen molar-refractivity contribution in [2.45, 2.75) is 12.5 Å². The van der Waals surface area contributed by atoms with Crippen molar-refractivity contribution < 1.29 is 13.2 Å². The van der Waals surface area contributed by atoms with Crippen LogP contribution in [0.15, 0.2) is 84.0 Å². The van der Waals surface area contributed by atoms with Gasteiger partial charge in [-0.15, -0.1) is 5.10 Å². The maximum Gasteiger partial charge on any atom is 0.416 e. The summed E-state index contributed by atoms with van der Waals surface area (Å²) in [4.78, 5) is 4.31. The minimum atomic E-state index is -4.42. The largest absolute Gasteiger partial charge is 0.416 e. The van der Waals surface area contributed by atoms with E-state index in [0.29, 0.717) is 5.69 Å². The van der Waals surface area contributed by atoms with Crippen molar-refractivity contribution in [2.75, 3.05) is 5.32 Å². The van der Waals surface area contributed by atoms with Crippen molar-refractivity contribution in [3.8, 4) is 11.3 Å². The van der Waals surface area contributed by atoms with Crippen molar-refractivity contribution in [3.05, 3.63) is 90.1 Å². The summed E-state index contributed by atoms with van der Waals surface area (Å²) in [5, 5.41) is 15.2. The average molecular weight is 434 g/mol. The molecule has 0 saturated heterocycles. The van der Waals surface area contributed by atoms with Crippen LogP contribution in [-0.2, 0) is 6.18 Å². The van der Waals surface area contributed by atoms with Gasteiger partial charge in [-0.1, -0.05) is 36.4 Å². The van der Waals surface area contributed by atoms with E-state index >= 15 is 0 Å². The number of nitrogens with one attached hydrogen (secondary N) is 2. The van der Waals surface area contributed by atoms with Gasteiger partial charge in [0.2, 0.25) is 0 Å². The Balaban J connectivity index is 1.48. The number of aliphatic imine (C=N–C) groups is 1. The smallest absolute Gasteiger partial charge is 0.347 e. The maximum absolute atomic E-state index is 13.1. The fourth-order valence-electron chi connectivity index (χ4n) is 3.57. The van der Waals surface area contributed by atoms with Crippen molar-refractivity contribution in [1.82, 2.24) is 20.1 Å². The van der Waals surface area contributed by atoms with Crippen LogP contribution in [0.25, 0.3) is 22.5 Å². The predicted octanol–water partition coefficient (Wildman–Crippen LogP) is 4.83. The second kappa shape index (κ2) is 7.84. The summed E-state index contributed by atoms with van der Waals surface area (Å²) in [6, 6.07) is 18.5. The topological polar surface area (TPSA) is 66.6 Å². The molecule has 0 amide bonds. The lowest BCUT2D eigenvalue weighted by atomic mass is 10.0. The monoisotopic (exact) mass is 434 g/mol. The van der Waals surface area contributed by atoms with E-state index in [0.717, 1.165) is 40.2 Å². The quantitative estimate of drug-likeness (QED) is 0.483. The van der Waals surface area contributed by atoms with Gasteiger partial charge in [0.1, 0.15) is 5.69 Å². The fourth-order valence-corrected chi connectivity index (χ4v) is 3.57. The molecule has 1 aliphatic heterocycles. The molecule has 2 aromatic heterocycles. The standard InChI is InChI=1S/C23H17F3N6/c24-23(25,26)16-8-4-9-17(14-16)29-22-27-13-11-18(30-22)20-19-10-5-12-28-32(19)31-21(20)15-6-2-1-3-7-15/h1-14,22,29-30H. The zero-order valence-corrected chi connectivity index (χ0v) is 16.6. The minimum Gasteiger partial charge on any atom is -0.347 e. The van der Waals surface area contributed by atoms with Gasteiger partial charge in [0.15, 0.2) is 6.29 Å². The number of rotatable bonds is 4. The highest BCUT2D eigenvalue weighted by Crippen LogP contribution is 2.32. The third-order valence-electron chi connectivity index (χ3n) is 5.00. The average Bonchev–Trinajstić information content (AvgIpc) is 3.19. The molecule has 9 heteroatoms. The number of allylic oxidation sites excluding steroid dienone is 1. The summed E-state index contributed by atoms with van der Waals surface area (Å²) in [5.41, 5.74) is 3.58. The summed E-state index contributed by atoms with van der Waals surface area (Å²) in [7, 11) is 0. The summed E-state index contributed by atoms with van der Waals surface area (Å²) < 4.78 is 40.7. The van der Waals surface area contributed by atoms with Gasteiger partial charge in [-0.25, -0.2) is 4.99 Å². The Morgan fingerprint density at radius 1 is 0.969 bits per heavy atom. The van der Waals surface area contributed by atoms with E-state index in [1.165, 1.54) is 6.07 Å². The van der Waals surface area contributed by atoms with E-state index in [2.05, 4.69) is 25.8 Å². The van der Waals surface area contributed by atoms with E-state index in [1.54, 1.807) is 29.2 Å². The highest BCUT2D eigenvalue weighted by atomic mass is 19.4. The molecule has 0 spiro atoms. The number of anilines is 1. The molecule has 0 saturated carbocycles. The van der Waals surface area contributed by atoms with Crippen LogP contribution >= 0.6 is 0 Å². The van der Waals surface area contributed by atoms with Crippen LogP contribution < -0.4 is 10.6 Å². The third kappa shape index (κ3) is 3.80. The van der Waals surface area contributed by atoms with Crippen molar-refractivity contribution in [1.29, 1.82) is 0 Å². The van der Waals surface area contributed by atoms with Crippen LogP contribution in [0.5, 0.6) is 0 Å². The predicted molar refractivity (Wildman–Crippen MR) is 117 cm³/mol. The number of benzene rings is 2. The van der Waals surface area contributed by atoms with Gasteiger partial charge in [0, 0.05) is 23.7 Å². The molecule has 2 aromatic carbocycles. The van der Waals surface area contributed by atoms with Gasteiger partial charge in [0.25, 0.3) is 0 Å². The molecule has 4 aromatic rings. The first-order chi connectivity index (χ1) is 15.5. The number of hydrogen-bond acceptors (Lipinski definition) is 5. The van der Waals surface area contributed by atoms with Crippen LogP contribution in [0.2, 0.25) is 0 Å². The normalized spacial score (nSPS) is 16.0. The molecule has 5 rings (SSSR count). The summed E-state index contributed by atoms with van der Waals surface area (Å²) in [6.45, 7) is 0. The lowest BCUT2D eigenvalue weighted by Gasteiger charge is -2.23. The first-order valence-corrected chi connectivity index (χ1v) is 9.83. The molecular weight excluding hydrogens is 417 g/mol. The Morgan fingerprint density at radius 3 is 2.62 bits per heavy atom. The molecule has 0 aliphatic carbocycles. The molecule has 2 N–H and O–H groups in total. The molecule has 32 heavy (non-hydrogen) atoms. The fraction of sp³-hybridized carbons (Fsp3) is 0.0870. The van der Waals surface area contributed by atoms with E-state index in [1.807, 2.05) is 42.5 Å². The Bertz CT molecular complexity index is 1320. The van der Waals surface area contributed by atoms with E-state index in [9.17, 15) is 13.2 Å². The van der Waals surface area contributed by atoms with Crippen molar-refractivity contribution >= 4 is 23.1 Å². The molecule has 160 valence electrons. The molecule has 1 aliphatic rings. The Labute approximate surface area is 181 Å². The lowest BCUT2D eigenvalue weighted by Crippen LogP contribution is -2.35. The third-order valence-corrected chi connectivity index (χ3v) is 5.00. The van der Waals surface area contributed by atoms with E-state index in [-0.39, 0.29) is 0 Å². The van der Waals surface area contributed by atoms with E-state index in [4.69, 9.17) is 0 Å². The van der Waals surface area contributed by atoms with Crippen LogP contribution in [0, 0.1) is 0 Å². The molecule has 1 atom stereocenters. The van der Waals surface area contributed by atoms with Crippen LogP contribution in [0.4, 0.5) is 18.9 Å². The van der Waals surface area contributed by atoms with Crippen LogP contribution in [0.1, 0.15) is 11.1 Å². The highest BCUT2D eigenvalue weighted by Gasteiger charge is 2.30. The first kappa shape index (κ1) is 19.8. The SMILES string of the molecule is FC(F)(F)c1cccc(NC2N=CC=C(c3c(-c4ccccc4)nn4ncccc34)N2)c1. The van der Waals surface area contributed by atoms with Gasteiger partial charge in [0.05, 0.1) is 22.3 Å². The molecule has 0 radical (unpaired) electrons. The second-order valence-electron chi connectivity index (χ2n) is 7.14. The number of alkyl halides is 3. The zero-order chi connectivity index (χ0) is 22.1. The maximum atomic E-state index is 13.1. The zero-order valence-electron chi connectivity index (χ0n) is 16.6. The van der Waals surface area contributed by atoms with Crippen LogP contribution in [0.3, 0.4) is 0 Å². The molecule has 0 fully saturated rings. The second-order valence-corrected chi connectivity index (χ2v) is 7.14. The molecule has 3 heterocycles. The van der Waals surface area contributed by atoms with Gasteiger partial charge in [-0.2, -0.15) is 22.9 Å². The number of fused-ring (bicyclic) bond motifs is 1. The number of hydrogen-bond donors (Lipinski definition) is 2. The molecule has 1 unspecified atom stereocenters. The van der Waals surface area contributed by atoms with E-state index < -0.39 is 18.0 Å². The van der Waals surface area contributed by atoms with Gasteiger partial charge in [-0.05, 0) is 36.4 Å². The molecule has 6 nitrogen and oxygen atoms in total.